The van der Waals surface area contributed by atoms with Crippen LogP contribution in [0.15, 0.2) is 30.3 Å². The maximum atomic E-state index is 11.9. The molecule has 3 N–H and O–H groups in total. The van der Waals surface area contributed by atoms with Crippen molar-refractivity contribution in [1.82, 2.24) is 4.90 Å². The molecule has 0 bridgehead atoms. The lowest BCUT2D eigenvalue weighted by Gasteiger charge is -2.18. The first-order chi connectivity index (χ1) is 9.99. The monoisotopic (exact) mass is 310 g/mol. The smallest absolute Gasteiger partial charge is 0.323 e. The zero-order valence-corrected chi connectivity index (χ0v) is 12.3. The number of carboxylic acids is 1. The number of carbonyl (C=O) groups is 3. The molecule has 1 aromatic carbocycles. The van der Waals surface area contributed by atoms with Crippen LogP contribution in [0, 0.1) is 0 Å². The van der Waals surface area contributed by atoms with E-state index < -0.39 is 24.3 Å². The molecule has 2 amide bonds. The Morgan fingerprint density at radius 2 is 1.81 bits per heavy atom. The fourth-order valence-corrected chi connectivity index (χ4v) is 2.55. The van der Waals surface area contributed by atoms with E-state index in [9.17, 15) is 14.4 Å². The number of carboxylic acid groups (broad SMARTS) is 1. The van der Waals surface area contributed by atoms with E-state index in [-0.39, 0.29) is 12.3 Å². The average molecular weight is 310 g/mol. The summed E-state index contributed by atoms with van der Waals surface area (Å²) >= 11 is 1.40. The van der Waals surface area contributed by atoms with Crippen molar-refractivity contribution in [3.63, 3.8) is 0 Å². The summed E-state index contributed by atoms with van der Waals surface area (Å²) in [6.07, 6.45) is 0.827. The topological polar surface area (TPSA) is 101 Å². The third-order valence-electron chi connectivity index (χ3n) is 2.63. The van der Waals surface area contributed by atoms with Gasteiger partial charge in [-0.3, -0.25) is 14.4 Å². The summed E-state index contributed by atoms with van der Waals surface area (Å²) in [5, 5.41) is 8.71. The molecule has 0 aromatic heterocycles. The molecule has 0 atom stereocenters. The van der Waals surface area contributed by atoms with Crippen LogP contribution in [0.5, 0.6) is 0 Å². The standard InChI is InChI=1S/C14H18N2O4S/c15-12(17)8-16(9-14(19)20)13(18)10-21-7-6-11-4-2-1-3-5-11/h1-5H,6-10H2,(H2,15,17)(H,19,20). The van der Waals surface area contributed by atoms with Gasteiger partial charge in [0.1, 0.15) is 6.54 Å². The normalized spacial score (nSPS) is 10.1. The molecule has 0 unspecified atom stereocenters. The van der Waals surface area contributed by atoms with Gasteiger partial charge >= 0.3 is 5.97 Å². The van der Waals surface area contributed by atoms with Gasteiger partial charge in [0.25, 0.3) is 0 Å². The summed E-state index contributed by atoms with van der Waals surface area (Å²) in [6, 6.07) is 9.85. The molecular weight excluding hydrogens is 292 g/mol. The number of aryl methyl sites for hydroxylation is 1. The Bertz CT molecular complexity index is 477. The second-order valence-electron chi connectivity index (χ2n) is 4.40. The molecule has 0 heterocycles. The molecule has 0 aliphatic heterocycles. The number of hydrogen-bond acceptors (Lipinski definition) is 4. The first-order valence-corrected chi connectivity index (χ1v) is 7.54. The van der Waals surface area contributed by atoms with Crippen LogP contribution in [0.1, 0.15) is 5.56 Å². The van der Waals surface area contributed by atoms with E-state index in [1.807, 2.05) is 30.3 Å². The first kappa shape index (κ1) is 17.0. The Morgan fingerprint density at radius 3 is 2.38 bits per heavy atom. The minimum atomic E-state index is -1.17. The molecule has 1 aromatic rings. The molecule has 1 rings (SSSR count). The Kier molecular flexibility index (Phi) is 7.31. The van der Waals surface area contributed by atoms with Crippen LogP contribution >= 0.6 is 11.8 Å². The lowest BCUT2D eigenvalue weighted by molar-refractivity contribution is -0.144. The van der Waals surface area contributed by atoms with E-state index >= 15 is 0 Å². The highest BCUT2D eigenvalue weighted by Crippen LogP contribution is 2.08. The van der Waals surface area contributed by atoms with Gasteiger partial charge in [-0.05, 0) is 17.7 Å². The van der Waals surface area contributed by atoms with E-state index in [4.69, 9.17) is 10.8 Å². The largest absolute Gasteiger partial charge is 0.480 e. The van der Waals surface area contributed by atoms with E-state index in [1.54, 1.807) is 0 Å². The number of primary amides is 1. The number of nitrogens with two attached hydrogens (primary N) is 1. The van der Waals surface area contributed by atoms with E-state index in [0.29, 0.717) is 0 Å². The summed E-state index contributed by atoms with van der Waals surface area (Å²) < 4.78 is 0. The van der Waals surface area contributed by atoms with Gasteiger partial charge in [0.05, 0.1) is 12.3 Å². The predicted molar refractivity (Wildman–Crippen MR) is 80.9 cm³/mol. The van der Waals surface area contributed by atoms with Crippen LogP contribution in [-0.4, -0.2) is 52.4 Å². The van der Waals surface area contributed by atoms with Gasteiger partial charge in [-0.2, -0.15) is 11.8 Å². The van der Waals surface area contributed by atoms with Gasteiger partial charge in [0.15, 0.2) is 0 Å². The van der Waals surface area contributed by atoms with Crippen LogP contribution in [0.25, 0.3) is 0 Å². The number of benzene rings is 1. The zero-order valence-electron chi connectivity index (χ0n) is 11.5. The van der Waals surface area contributed by atoms with Gasteiger partial charge in [-0.15, -0.1) is 0 Å². The van der Waals surface area contributed by atoms with E-state index in [1.165, 1.54) is 17.3 Å². The summed E-state index contributed by atoms with van der Waals surface area (Å²) in [5.41, 5.74) is 6.18. The number of carbonyl (C=O) groups excluding carboxylic acids is 2. The molecule has 0 spiro atoms. The molecule has 6 nitrogen and oxygen atoms in total. The van der Waals surface area contributed by atoms with E-state index in [0.717, 1.165) is 17.1 Å². The third-order valence-corrected chi connectivity index (χ3v) is 3.57. The van der Waals surface area contributed by atoms with E-state index in [2.05, 4.69) is 0 Å². The van der Waals surface area contributed by atoms with Crippen LogP contribution in [-0.2, 0) is 20.8 Å². The average Bonchev–Trinajstić information content (AvgIpc) is 2.43. The molecule has 0 fully saturated rings. The third kappa shape index (κ3) is 7.36. The minimum Gasteiger partial charge on any atom is -0.480 e. The van der Waals surface area contributed by atoms with Crippen LogP contribution in [0.3, 0.4) is 0 Å². The van der Waals surface area contributed by atoms with Crippen LogP contribution < -0.4 is 5.73 Å². The number of amides is 2. The Hall–Kier alpha value is -2.02. The van der Waals surface area contributed by atoms with Crippen molar-refractivity contribution < 1.29 is 19.5 Å². The fraction of sp³-hybridized carbons (Fsp3) is 0.357. The van der Waals surface area contributed by atoms with Crippen molar-refractivity contribution in [2.24, 2.45) is 5.73 Å². The number of thioether (sulfide) groups is 1. The number of rotatable bonds is 9. The molecule has 0 aliphatic rings. The lowest BCUT2D eigenvalue weighted by Crippen LogP contribution is -2.42. The van der Waals surface area contributed by atoms with Gasteiger partial charge in [0, 0.05) is 0 Å². The summed E-state index contributed by atoms with van der Waals surface area (Å²) in [6.45, 7) is -0.884. The molecule has 0 saturated heterocycles. The highest BCUT2D eigenvalue weighted by molar-refractivity contribution is 7.99. The predicted octanol–water partition coefficient (Wildman–Crippen LogP) is 0.361. The van der Waals surface area contributed by atoms with Gasteiger partial charge in [-0.1, -0.05) is 30.3 Å². The van der Waals surface area contributed by atoms with Crippen LogP contribution in [0.2, 0.25) is 0 Å². The SMILES string of the molecule is NC(=O)CN(CC(=O)O)C(=O)CSCCc1ccccc1. The highest BCUT2D eigenvalue weighted by atomic mass is 32.2. The zero-order chi connectivity index (χ0) is 15.7. The second kappa shape index (κ2) is 9.02. The van der Waals surface area contributed by atoms with Crippen molar-refractivity contribution in [2.75, 3.05) is 24.6 Å². The molecule has 114 valence electrons. The maximum Gasteiger partial charge on any atom is 0.323 e. The molecule has 0 radical (unpaired) electrons. The van der Waals surface area contributed by atoms with Crippen molar-refractivity contribution in [3.8, 4) is 0 Å². The van der Waals surface area contributed by atoms with Gasteiger partial charge < -0.3 is 15.7 Å². The Morgan fingerprint density at radius 1 is 1.14 bits per heavy atom. The molecular formula is C14H18N2O4S. The van der Waals surface area contributed by atoms with Crippen molar-refractivity contribution in [2.45, 2.75) is 6.42 Å². The first-order valence-electron chi connectivity index (χ1n) is 6.38. The highest BCUT2D eigenvalue weighted by Gasteiger charge is 2.18. The maximum absolute atomic E-state index is 11.9. The summed E-state index contributed by atoms with van der Waals surface area (Å²) in [5.74, 6) is -1.41. The van der Waals surface area contributed by atoms with Gasteiger partial charge in [0.2, 0.25) is 11.8 Å². The molecule has 21 heavy (non-hydrogen) atoms. The number of aliphatic carboxylic acids is 1. The fourth-order valence-electron chi connectivity index (χ4n) is 1.67. The Labute approximate surface area is 127 Å². The summed E-state index contributed by atoms with van der Waals surface area (Å²) in [7, 11) is 0. The van der Waals surface area contributed by atoms with Crippen molar-refractivity contribution in [3.05, 3.63) is 35.9 Å². The van der Waals surface area contributed by atoms with Crippen molar-refractivity contribution in [1.29, 1.82) is 0 Å². The molecule has 7 heteroatoms. The van der Waals surface area contributed by atoms with Crippen molar-refractivity contribution >= 4 is 29.5 Å². The minimum absolute atomic E-state index is 0.132. The molecule has 0 aliphatic carbocycles. The second-order valence-corrected chi connectivity index (χ2v) is 5.50. The van der Waals surface area contributed by atoms with Crippen LogP contribution in [0.4, 0.5) is 0 Å². The number of hydrogen-bond donors (Lipinski definition) is 2. The summed E-state index contributed by atoms with van der Waals surface area (Å²) in [4.78, 5) is 34.3. The molecule has 0 saturated carbocycles. The quantitative estimate of drug-likeness (QED) is 0.641. The Balaban J connectivity index is 2.35. The van der Waals surface area contributed by atoms with Gasteiger partial charge in [-0.25, -0.2) is 0 Å². The lowest BCUT2D eigenvalue weighted by atomic mass is 10.2. The number of nitrogens with zero attached hydrogens (tertiary/aromatic N) is 1.